The van der Waals surface area contributed by atoms with Gasteiger partial charge in [0.2, 0.25) is 5.91 Å². The number of carbonyl (C=O) groups is 1. The van der Waals surface area contributed by atoms with Gasteiger partial charge in [-0.15, -0.1) is 0 Å². The topological polar surface area (TPSA) is 62.1 Å². The van der Waals surface area contributed by atoms with Gasteiger partial charge in [0.15, 0.2) is 0 Å². The van der Waals surface area contributed by atoms with E-state index in [-0.39, 0.29) is 11.9 Å². The van der Waals surface area contributed by atoms with Crippen molar-refractivity contribution >= 4 is 5.91 Å². The van der Waals surface area contributed by atoms with E-state index in [0.29, 0.717) is 37.9 Å². The zero-order chi connectivity index (χ0) is 13.9. The number of hydrogen-bond acceptors (Lipinski definition) is 3. The van der Waals surface area contributed by atoms with Crippen molar-refractivity contribution < 1.29 is 9.53 Å². The molecule has 1 aliphatic carbocycles. The third-order valence-electron chi connectivity index (χ3n) is 5.06. The van der Waals surface area contributed by atoms with Crippen LogP contribution in [-0.4, -0.2) is 25.2 Å². The van der Waals surface area contributed by atoms with E-state index in [1.54, 1.807) is 0 Å². The molecule has 1 N–H and O–H groups in total. The van der Waals surface area contributed by atoms with Crippen LogP contribution in [0.25, 0.3) is 0 Å². The molecule has 1 amide bonds. The van der Waals surface area contributed by atoms with Crippen molar-refractivity contribution in [2.45, 2.75) is 52.0 Å². The fourth-order valence-electron chi connectivity index (χ4n) is 3.44. The van der Waals surface area contributed by atoms with Gasteiger partial charge in [0.05, 0.1) is 6.07 Å². The number of nitrogens with one attached hydrogen (secondary N) is 1. The van der Waals surface area contributed by atoms with E-state index in [2.05, 4.69) is 25.2 Å². The lowest BCUT2D eigenvalue weighted by Crippen LogP contribution is -2.48. The first-order valence-corrected chi connectivity index (χ1v) is 7.43. The lowest BCUT2D eigenvalue weighted by atomic mass is 9.80. The van der Waals surface area contributed by atoms with Crippen LogP contribution in [0.1, 0.15) is 46.0 Å². The number of ether oxygens (including phenoxy) is 1. The Morgan fingerprint density at radius 3 is 2.63 bits per heavy atom. The first kappa shape index (κ1) is 14.3. The van der Waals surface area contributed by atoms with Gasteiger partial charge >= 0.3 is 0 Å². The van der Waals surface area contributed by atoms with Gasteiger partial charge in [-0.2, -0.15) is 5.26 Å². The van der Waals surface area contributed by atoms with Crippen LogP contribution in [0.3, 0.4) is 0 Å². The maximum Gasteiger partial charge on any atom is 0.240 e. The number of hydrogen-bond donors (Lipinski definition) is 1. The van der Waals surface area contributed by atoms with E-state index < -0.39 is 5.41 Å². The Hall–Kier alpha value is -1.08. The summed E-state index contributed by atoms with van der Waals surface area (Å²) in [6.07, 6.45) is 4.45. The molecule has 2 rings (SSSR count). The van der Waals surface area contributed by atoms with Crippen molar-refractivity contribution in [3.63, 3.8) is 0 Å². The Kier molecular flexibility index (Phi) is 4.46. The van der Waals surface area contributed by atoms with Crippen LogP contribution in [0.2, 0.25) is 0 Å². The van der Waals surface area contributed by atoms with Crippen LogP contribution in [0.4, 0.5) is 0 Å². The molecule has 1 heterocycles. The van der Waals surface area contributed by atoms with Gasteiger partial charge in [0, 0.05) is 19.3 Å². The van der Waals surface area contributed by atoms with Gasteiger partial charge in [-0.25, -0.2) is 0 Å². The summed E-state index contributed by atoms with van der Waals surface area (Å²) in [6, 6.07) is 2.48. The highest BCUT2D eigenvalue weighted by molar-refractivity contribution is 5.85. The van der Waals surface area contributed by atoms with E-state index in [1.165, 1.54) is 12.8 Å². The van der Waals surface area contributed by atoms with Crippen molar-refractivity contribution in [2.75, 3.05) is 13.2 Å². The summed E-state index contributed by atoms with van der Waals surface area (Å²) in [6.45, 7) is 5.45. The predicted octanol–water partition coefficient (Wildman–Crippen LogP) is 2.25. The Balaban J connectivity index is 1.99. The Labute approximate surface area is 115 Å². The van der Waals surface area contributed by atoms with E-state index in [4.69, 9.17) is 4.74 Å². The average molecular weight is 264 g/mol. The standard InChI is InChI=1S/C15H24N2O2/c1-3-12-4-5-13(11(12)2)17-14(18)15(10-16)6-8-19-9-7-15/h11-13H,3-9H2,1-2H3,(H,17,18). The second kappa shape index (κ2) is 5.92. The van der Waals surface area contributed by atoms with E-state index >= 15 is 0 Å². The van der Waals surface area contributed by atoms with Crippen molar-refractivity contribution in [1.82, 2.24) is 5.32 Å². The molecule has 0 aromatic rings. The molecule has 3 unspecified atom stereocenters. The number of nitrogens with zero attached hydrogens (tertiary/aromatic N) is 1. The number of rotatable bonds is 3. The van der Waals surface area contributed by atoms with E-state index in [9.17, 15) is 10.1 Å². The normalized spacial score (nSPS) is 33.6. The summed E-state index contributed by atoms with van der Waals surface area (Å²) >= 11 is 0. The van der Waals surface area contributed by atoms with Gasteiger partial charge in [-0.3, -0.25) is 4.79 Å². The first-order chi connectivity index (χ1) is 9.13. The third-order valence-corrected chi connectivity index (χ3v) is 5.06. The van der Waals surface area contributed by atoms with Gasteiger partial charge in [0.1, 0.15) is 5.41 Å². The molecular weight excluding hydrogens is 240 g/mol. The summed E-state index contributed by atoms with van der Waals surface area (Å²) in [5, 5.41) is 12.5. The minimum Gasteiger partial charge on any atom is -0.381 e. The highest BCUT2D eigenvalue weighted by Crippen LogP contribution is 2.36. The molecular formula is C15H24N2O2. The summed E-state index contributed by atoms with van der Waals surface area (Å²) in [5.74, 6) is 1.15. The number of amides is 1. The lowest BCUT2D eigenvalue weighted by molar-refractivity contribution is -0.133. The number of nitriles is 1. The molecule has 0 aromatic carbocycles. The third kappa shape index (κ3) is 2.76. The molecule has 1 aliphatic heterocycles. The van der Waals surface area contributed by atoms with Crippen LogP contribution in [-0.2, 0) is 9.53 Å². The second-order valence-electron chi connectivity index (χ2n) is 5.99. The Morgan fingerprint density at radius 2 is 2.11 bits per heavy atom. The van der Waals surface area contributed by atoms with E-state index in [1.807, 2.05) is 0 Å². The summed E-state index contributed by atoms with van der Waals surface area (Å²) in [5.41, 5.74) is -0.859. The SMILES string of the molecule is CCC1CCC(NC(=O)C2(C#N)CCOCC2)C1C. The van der Waals surface area contributed by atoms with Gasteiger partial charge in [0.25, 0.3) is 0 Å². The molecule has 0 radical (unpaired) electrons. The molecule has 2 aliphatic rings. The summed E-state index contributed by atoms with van der Waals surface area (Å²) in [7, 11) is 0. The van der Waals surface area contributed by atoms with Gasteiger partial charge in [-0.05, 0) is 37.5 Å². The van der Waals surface area contributed by atoms with Crippen molar-refractivity contribution in [3.8, 4) is 6.07 Å². The zero-order valence-corrected chi connectivity index (χ0v) is 11.9. The zero-order valence-electron chi connectivity index (χ0n) is 11.9. The van der Waals surface area contributed by atoms with Crippen LogP contribution >= 0.6 is 0 Å². The molecule has 19 heavy (non-hydrogen) atoms. The van der Waals surface area contributed by atoms with E-state index in [0.717, 1.165) is 6.42 Å². The smallest absolute Gasteiger partial charge is 0.240 e. The Bertz CT molecular complexity index is 369. The molecule has 0 spiro atoms. The largest absolute Gasteiger partial charge is 0.381 e. The molecule has 3 atom stereocenters. The average Bonchev–Trinajstić information content (AvgIpc) is 2.80. The molecule has 0 bridgehead atoms. The monoisotopic (exact) mass is 264 g/mol. The maximum absolute atomic E-state index is 12.5. The van der Waals surface area contributed by atoms with Crippen LogP contribution < -0.4 is 5.32 Å². The quantitative estimate of drug-likeness (QED) is 0.850. The van der Waals surface area contributed by atoms with Gasteiger partial charge in [-0.1, -0.05) is 20.3 Å². The predicted molar refractivity (Wildman–Crippen MR) is 72.2 cm³/mol. The summed E-state index contributed by atoms with van der Waals surface area (Å²) in [4.78, 5) is 12.5. The fraction of sp³-hybridized carbons (Fsp3) is 0.867. The highest BCUT2D eigenvalue weighted by atomic mass is 16.5. The van der Waals surface area contributed by atoms with Crippen LogP contribution in [0, 0.1) is 28.6 Å². The fourth-order valence-corrected chi connectivity index (χ4v) is 3.44. The number of carbonyl (C=O) groups excluding carboxylic acids is 1. The maximum atomic E-state index is 12.5. The Morgan fingerprint density at radius 1 is 1.42 bits per heavy atom. The summed E-state index contributed by atoms with van der Waals surface area (Å²) < 4.78 is 5.27. The first-order valence-electron chi connectivity index (χ1n) is 7.43. The molecule has 0 aromatic heterocycles. The van der Waals surface area contributed by atoms with Crippen LogP contribution in [0.5, 0.6) is 0 Å². The molecule has 4 heteroatoms. The minimum absolute atomic E-state index is 0.0769. The minimum atomic E-state index is -0.859. The molecule has 1 saturated carbocycles. The van der Waals surface area contributed by atoms with Crippen molar-refractivity contribution in [2.24, 2.45) is 17.3 Å². The molecule has 1 saturated heterocycles. The highest BCUT2D eigenvalue weighted by Gasteiger charge is 2.43. The molecule has 4 nitrogen and oxygen atoms in total. The van der Waals surface area contributed by atoms with Crippen LogP contribution in [0.15, 0.2) is 0 Å². The molecule has 106 valence electrons. The van der Waals surface area contributed by atoms with Crippen molar-refractivity contribution in [3.05, 3.63) is 0 Å². The van der Waals surface area contributed by atoms with Crippen molar-refractivity contribution in [1.29, 1.82) is 5.26 Å². The van der Waals surface area contributed by atoms with Gasteiger partial charge < -0.3 is 10.1 Å². The molecule has 2 fully saturated rings. The second-order valence-corrected chi connectivity index (χ2v) is 5.99. The lowest BCUT2D eigenvalue weighted by Gasteiger charge is -2.31.